The summed E-state index contributed by atoms with van der Waals surface area (Å²) >= 11 is 5.94. The highest BCUT2D eigenvalue weighted by atomic mass is 35.5. The van der Waals surface area contributed by atoms with Crippen molar-refractivity contribution in [1.29, 1.82) is 0 Å². The van der Waals surface area contributed by atoms with Crippen molar-refractivity contribution < 1.29 is 13.6 Å². The summed E-state index contributed by atoms with van der Waals surface area (Å²) in [7, 11) is 0. The zero-order chi connectivity index (χ0) is 14.3. The predicted molar refractivity (Wildman–Crippen MR) is 75.8 cm³/mol. The number of rotatable bonds is 2. The van der Waals surface area contributed by atoms with E-state index < -0.39 is 5.82 Å². The fourth-order valence-corrected chi connectivity index (χ4v) is 2.44. The van der Waals surface area contributed by atoms with E-state index in [9.17, 15) is 9.18 Å². The Balaban J connectivity index is 2.10. The number of aryl methyl sites for hydroxylation is 1. The van der Waals surface area contributed by atoms with Gasteiger partial charge in [0.25, 0.3) is 0 Å². The molecule has 0 spiro atoms. The molecule has 0 aliphatic rings. The highest BCUT2D eigenvalue weighted by molar-refractivity contribution is 6.31. The van der Waals surface area contributed by atoms with Crippen LogP contribution in [0.2, 0.25) is 5.02 Å². The molecule has 0 aliphatic heterocycles. The Bertz CT molecular complexity index is 800. The number of halogens is 2. The number of hydrogen-bond acceptors (Lipinski definition) is 2. The Morgan fingerprint density at radius 3 is 2.70 bits per heavy atom. The Kier molecular flexibility index (Phi) is 3.07. The maximum Gasteiger partial charge on any atom is 0.228 e. The summed E-state index contributed by atoms with van der Waals surface area (Å²) in [5.74, 6) is -0.693. The van der Waals surface area contributed by atoms with E-state index in [0.29, 0.717) is 16.0 Å². The van der Waals surface area contributed by atoms with Crippen LogP contribution in [-0.4, -0.2) is 5.78 Å². The smallest absolute Gasteiger partial charge is 0.228 e. The van der Waals surface area contributed by atoms with Crippen molar-refractivity contribution in [3.05, 3.63) is 70.2 Å². The summed E-state index contributed by atoms with van der Waals surface area (Å²) in [6.45, 7) is 1.85. The van der Waals surface area contributed by atoms with E-state index in [0.717, 1.165) is 5.56 Å². The van der Waals surface area contributed by atoms with Gasteiger partial charge in [-0.25, -0.2) is 4.39 Å². The molecule has 0 bridgehead atoms. The topological polar surface area (TPSA) is 30.2 Å². The Morgan fingerprint density at radius 2 is 2.00 bits per heavy atom. The fourth-order valence-electron chi connectivity index (χ4n) is 2.15. The first-order valence-electron chi connectivity index (χ1n) is 6.04. The number of ketones is 1. The molecule has 100 valence electrons. The van der Waals surface area contributed by atoms with Crippen LogP contribution < -0.4 is 0 Å². The molecule has 0 fully saturated rings. The molecule has 2 aromatic carbocycles. The lowest BCUT2D eigenvalue weighted by Gasteiger charge is -2.01. The molecule has 0 N–H and O–H groups in total. The van der Waals surface area contributed by atoms with Gasteiger partial charge in [-0.2, -0.15) is 0 Å². The second-order valence-corrected chi connectivity index (χ2v) is 5.05. The maximum absolute atomic E-state index is 13.6. The molecule has 3 rings (SSSR count). The van der Waals surface area contributed by atoms with Gasteiger partial charge in [0.15, 0.2) is 17.2 Å². The number of benzene rings is 2. The highest BCUT2D eigenvalue weighted by Gasteiger charge is 2.17. The van der Waals surface area contributed by atoms with Crippen molar-refractivity contribution in [3.63, 3.8) is 0 Å². The molecule has 1 aromatic heterocycles. The van der Waals surface area contributed by atoms with Crippen LogP contribution in [0.4, 0.5) is 4.39 Å². The largest absolute Gasteiger partial charge is 0.449 e. The summed E-state index contributed by atoms with van der Waals surface area (Å²) in [5.41, 5.74) is 1.40. The first-order valence-corrected chi connectivity index (χ1v) is 6.42. The second-order valence-electron chi connectivity index (χ2n) is 4.62. The van der Waals surface area contributed by atoms with Crippen LogP contribution in [0.25, 0.3) is 11.0 Å². The molecular weight excluding hydrogens is 279 g/mol. The zero-order valence-electron chi connectivity index (χ0n) is 10.6. The fraction of sp³-hybridized carbons (Fsp3) is 0.0625. The van der Waals surface area contributed by atoms with Gasteiger partial charge in [-0.3, -0.25) is 4.79 Å². The average Bonchev–Trinajstić information content (AvgIpc) is 2.82. The van der Waals surface area contributed by atoms with Crippen LogP contribution >= 0.6 is 11.6 Å². The number of carbonyl (C=O) groups is 1. The minimum atomic E-state index is -0.483. The Hall–Kier alpha value is -2.13. The molecule has 1 heterocycles. The van der Waals surface area contributed by atoms with Crippen molar-refractivity contribution in [2.45, 2.75) is 6.92 Å². The lowest BCUT2D eigenvalue weighted by atomic mass is 10.1. The molecule has 3 aromatic rings. The lowest BCUT2D eigenvalue weighted by molar-refractivity contribution is 0.101. The third-order valence-electron chi connectivity index (χ3n) is 3.02. The lowest BCUT2D eigenvalue weighted by Crippen LogP contribution is -1.99. The summed E-state index contributed by atoms with van der Waals surface area (Å²) in [4.78, 5) is 12.4. The van der Waals surface area contributed by atoms with Gasteiger partial charge in [-0.15, -0.1) is 0 Å². The van der Waals surface area contributed by atoms with E-state index in [1.165, 1.54) is 12.1 Å². The first-order chi connectivity index (χ1) is 9.54. The van der Waals surface area contributed by atoms with Gasteiger partial charge in [0.1, 0.15) is 0 Å². The van der Waals surface area contributed by atoms with Gasteiger partial charge in [-0.1, -0.05) is 23.7 Å². The highest BCUT2D eigenvalue weighted by Crippen LogP contribution is 2.25. The molecule has 2 nitrogen and oxygen atoms in total. The van der Waals surface area contributed by atoms with Gasteiger partial charge in [-0.05, 0) is 42.8 Å². The number of para-hydroxylation sites is 1. The molecule has 0 saturated carbocycles. The van der Waals surface area contributed by atoms with Crippen molar-refractivity contribution in [1.82, 2.24) is 0 Å². The molecule has 0 radical (unpaired) electrons. The summed E-state index contributed by atoms with van der Waals surface area (Å²) < 4.78 is 18.9. The van der Waals surface area contributed by atoms with Crippen LogP contribution in [0.3, 0.4) is 0 Å². The van der Waals surface area contributed by atoms with Crippen molar-refractivity contribution in [3.8, 4) is 0 Å². The molecular formula is C16H10ClFO2. The monoisotopic (exact) mass is 288 g/mol. The van der Waals surface area contributed by atoms with Crippen LogP contribution in [0.5, 0.6) is 0 Å². The zero-order valence-corrected chi connectivity index (χ0v) is 11.4. The summed E-state index contributed by atoms with van der Waals surface area (Å²) in [6, 6.07) is 11.2. The predicted octanol–water partition coefficient (Wildman–Crippen LogP) is 4.76. The summed E-state index contributed by atoms with van der Waals surface area (Å²) in [5, 5.41) is 1.04. The molecule has 4 heteroatoms. The normalized spacial score (nSPS) is 10.9. The van der Waals surface area contributed by atoms with E-state index in [1.54, 1.807) is 30.3 Å². The van der Waals surface area contributed by atoms with Gasteiger partial charge in [0.05, 0.1) is 0 Å². The minimum absolute atomic E-state index is 0.0922. The van der Waals surface area contributed by atoms with Crippen LogP contribution in [0, 0.1) is 12.7 Å². The minimum Gasteiger partial charge on any atom is -0.449 e. The van der Waals surface area contributed by atoms with Crippen molar-refractivity contribution >= 4 is 28.4 Å². The molecule has 20 heavy (non-hydrogen) atoms. The Labute approximate surface area is 119 Å². The first kappa shape index (κ1) is 12.9. The SMILES string of the molecule is Cc1cc(Cl)cc(C(=O)c2cc3cccc(F)c3o2)c1. The van der Waals surface area contributed by atoms with Gasteiger partial charge >= 0.3 is 0 Å². The van der Waals surface area contributed by atoms with E-state index in [4.69, 9.17) is 16.0 Å². The molecule has 0 saturated heterocycles. The number of hydrogen-bond donors (Lipinski definition) is 0. The van der Waals surface area contributed by atoms with E-state index in [-0.39, 0.29) is 17.1 Å². The molecule has 0 amide bonds. The molecule has 0 aliphatic carbocycles. The molecule has 0 atom stereocenters. The van der Waals surface area contributed by atoms with Gasteiger partial charge in [0.2, 0.25) is 5.78 Å². The van der Waals surface area contributed by atoms with E-state index in [2.05, 4.69) is 0 Å². The third kappa shape index (κ3) is 2.21. The van der Waals surface area contributed by atoms with E-state index in [1.807, 2.05) is 6.92 Å². The quantitative estimate of drug-likeness (QED) is 0.636. The van der Waals surface area contributed by atoms with Crippen molar-refractivity contribution in [2.24, 2.45) is 0 Å². The standard InChI is InChI=1S/C16H10ClFO2/c1-9-5-11(7-12(17)6-9)15(19)14-8-10-3-2-4-13(18)16(10)20-14/h2-8H,1H3. The summed E-state index contributed by atoms with van der Waals surface area (Å²) in [6.07, 6.45) is 0. The van der Waals surface area contributed by atoms with Gasteiger partial charge in [0, 0.05) is 16.0 Å². The Morgan fingerprint density at radius 1 is 1.20 bits per heavy atom. The molecule has 0 unspecified atom stereocenters. The maximum atomic E-state index is 13.6. The average molecular weight is 289 g/mol. The second kappa shape index (κ2) is 4.76. The number of fused-ring (bicyclic) bond motifs is 1. The van der Waals surface area contributed by atoms with Crippen molar-refractivity contribution in [2.75, 3.05) is 0 Å². The van der Waals surface area contributed by atoms with Gasteiger partial charge < -0.3 is 4.42 Å². The van der Waals surface area contributed by atoms with Crippen LogP contribution in [0.15, 0.2) is 46.9 Å². The van der Waals surface area contributed by atoms with Crippen LogP contribution in [0.1, 0.15) is 21.7 Å². The van der Waals surface area contributed by atoms with Crippen LogP contribution in [-0.2, 0) is 0 Å². The van der Waals surface area contributed by atoms with E-state index >= 15 is 0 Å². The number of furan rings is 1. The third-order valence-corrected chi connectivity index (χ3v) is 3.24. The number of carbonyl (C=O) groups excluding carboxylic acids is 1.